The molecule has 2 heterocycles. The Bertz CT molecular complexity index is 1010. The first kappa shape index (κ1) is 23.8. The number of aromatic nitrogens is 2. The van der Waals surface area contributed by atoms with Gasteiger partial charge in [0.15, 0.2) is 5.16 Å². The molecular formula is C19H25FN4O5S2. The van der Waals surface area contributed by atoms with E-state index in [1.165, 1.54) is 30.0 Å². The number of aliphatic hydroxyl groups excluding tert-OH is 2. The van der Waals surface area contributed by atoms with Crippen molar-refractivity contribution in [2.45, 2.75) is 43.0 Å². The second kappa shape index (κ2) is 9.76. The maximum absolute atomic E-state index is 13.1. The number of hydrogen-bond acceptors (Lipinski definition) is 8. The molecule has 1 fully saturated rings. The molecule has 0 radical (unpaired) electrons. The van der Waals surface area contributed by atoms with Gasteiger partial charge in [0.1, 0.15) is 18.0 Å². The van der Waals surface area contributed by atoms with E-state index in [2.05, 4.69) is 9.97 Å². The topological polar surface area (TPSA) is 139 Å². The van der Waals surface area contributed by atoms with E-state index in [1.807, 2.05) is 6.92 Å². The Morgan fingerprint density at radius 3 is 2.61 bits per heavy atom. The third-order valence-corrected chi connectivity index (χ3v) is 6.91. The van der Waals surface area contributed by atoms with Crippen LogP contribution in [0.15, 0.2) is 35.5 Å². The maximum Gasteiger partial charge on any atom is 0.277 e. The second-order valence-electron chi connectivity index (χ2n) is 7.44. The molecule has 1 aromatic heterocycles. The minimum atomic E-state index is -3.91. The lowest BCUT2D eigenvalue weighted by molar-refractivity contribution is 0.00570. The van der Waals surface area contributed by atoms with Gasteiger partial charge in [0, 0.05) is 18.4 Å². The molecule has 170 valence electrons. The van der Waals surface area contributed by atoms with Crippen LogP contribution in [0.3, 0.4) is 0 Å². The Morgan fingerprint density at radius 1 is 1.35 bits per heavy atom. The molecule has 31 heavy (non-hydrogen) atoms. The molecular weight excluding hydrogens is 447 g/mol. The van der Waals surface area contributed by atoms with Crippen molar-refractivity contribution in [2.24, 2.45) is 11.1 Å². The van der Waals surface area contributed by atoms with Gasteiger partial charge in [0.05, 0.1) is 18.3 Å². The monoisotopic (exact) mass is 472 g/mol. The minimum Gasteiger partial charge on any atom is -0.472 e. The molecule has 9 nitrogen and oxygen atoms in total. The highest BCUT2D eigenvalue weighted by molar-refractivity contribution is 7.98. The van der Waals surface area contributed by atoms with Crippen LogP contribution in [-0.4, -0.2) is 58.3 Å². The largest absolute Gasteiger partial charge is 0.472 e. The van der Waals surface area contributed by atoms with Crippen LogP contribution in [0.4, 0.5) is 4.39 Å². The summed E-state index contributed by atoms with van der Waals surface area (Å²) in [6.07, 6.45) is -1.87. The van der Waals surface area contributed by atoms with Crippen LogP contribution in [0.2, 0.25) is 0 Å². The molecule has 1 saturated heterocycles. The van der Waals surface area contributed by atoms with Crippen molar-refractivity contribution in [1.82, 2.24) is 14.3 Å². The molecule has 2 aromatic rings. The fourth-order valence-electron chi connectivity index (χ4n) is 3.19. The van der Waals surface area contributed by atoms with Crippen molar-refractivity contribution < 1.29 is 27.8 Å². The standard InChI is InChI=1S/C19H25FN4O5S2/c1-11-8-24(31(21,27)28)18(11)15-7-17(29-12(2)16(26)9-25)23-19(22-15)30-10-13-3-5-14(20)6-4-13/h3-7,11-12,16,18,25-26H,8-10H2,1-2H3,(H2,21,27,28)/t11?,12-,16+,18?/m1/s1. The smallest absolute Gasteiger partial charge is 0.277 e. The summed E-state index contributed by atoms with van der Waals surface area (Å²) in [5, 5.41) is 24.6. The van der Waals surface area contributed by atoms with Gasteiger partial charge < -0.3 is 14.9 Å². The lowest BCUT2D eigenvalue weighted by Gasteiger charge is -2.43. The number of aliphatic hydroxyl groups is 2. The van der Waals surface area contributed by atoms with E-state index in [0.717, 1.165) is 9.87 Å². The first-order valence-electron chi connectivity index (χ1n) is 9.60. The Morgan fingerprint density at radius 2 is 2.03 bits per heavy atom. The van der Waals surface area contributed by atoms with Gasteiger partial charge in [-0.15, -0.1) is 0 Å². The van der Waals surface area contributed by atoms with Crippen LogP contribution in [0.5, 0.6) is 5.88 Å². The van der Waals surface area contributed by atoms with Crippen molar-refractivity contribution in [2.75, 3.05) is 13.2 Å². The summed E-state index contributed by atoms with van der Waals surface area (Å²) in [7, 11) is -3.91. The van der Waals surface area contributed by atoms with Gasteiger partial charge >= 0.3 is 0 Å². The van der Waals surface area contributed by atoms with Gasteiger partial charge in [-0.25, -0.2) is 14.5 Å². The molecule has 0 bridgehead atoms. The summed E-state index contributed by atoms with van der Waals surface area (Å²) in [5.74, 6) is 0.245. The van der Waals surface area contributed by atoms with Gasteiger partial charge in [0.2, 0.25) is 5.88 Å². The van der Waals surface area contributed by atoms with E-state index in [1.54, 1.807) is 19.1 Å². The number of hydrogen-bond donors (Lipinski definition) is 3. The van der Waals surface area contributed by atoms with Crippen molar-refractivity contribution in [3.63, 3.8) is 0 Å². The molecule has 0 spiro atoms. The lowest BCUT2D eigenvalue weighted by Crippen LogP contribution is -2.54. The zero-order valence-electron chi connectivity index (χ0n) is 17.1. The van der Waals surface area contributed by atoms with Gasteiger partial charge in [-0.2, -0.15) is 17.7 Å². The average molecular weight is 473 g/mol. The number of ether oxygens (including phenoxy) is 1. The Balaban J connectivity index is 1.89. The summed E-state index contributed by atoms with van der Waals surface area (Å²) in [4.78, 5) is 8.84. The molecule has 4 N–H and O–H groups in total. The lowest BCUT2D eigenvalue weighted by atomic mass is 9.91. The van der Waals surface area contributed by atoms with Crippen molar-refractivity contribution in [1.29, 1.82) is 0 Å². The summed E-state index contributed by atoms with van der Waals surface area (Å²) in [6, 6.07) is 6.98. The van der Waals surface area contributed by atoms with Gasteiger partial charge in [0.25, 0.3) is 10.2 Å². The molecule has 0 aliphatic carbocycles. The summed E-state index contributed by atoms with van der Waals surface area (Å²) < 4.78 is 43.7. The quantitative estimate of drug-likeness (QED) is 0.366. The van der Waals surface area contributed by atoms with Crippen molar-refractivity contribution >= 4 is 22.0 Å². The SMILES string of the molecule is CC1CN(S(N)(=O)=O)C1c1cc(O[C@H](C)[C@@H](O)CO)nc(SCc2ccc(F)cc2)n1. The predicted molar refractivity (Wildman–Crippen MR) is 113 cm³/mol. The number of rotatable bonds is 9. The molecule has 0 saturated carbocycles. The molecule has 1 aliphatic heterocycles. The summed E-state index contributed by atoms with van der Waals surface area (Å²) in [5.41, 5.74) is 1.28. The highest BCUT2D eigenvalue weighted by Crippen LogP contribution is 2.40. The van der Waals surface area contributed by atoms with Crippen LogP contribution < -0.4 is 9.88 Å². The molecule has 3 rings (SSSR count). The third-order valence-electron chi connectivity index (χ3n) is 4.97. The average Bonchev–Trinajstić information content (AvgIpc) is 2.70. The van der Waals surface area contributed by atoms with Crippen LogP contribution >= 0.6 is 11.8 Å². The van der Waals surface area contributed by atoms with E-state index in [4.69, 9.17) is 15.0 Å². The summed E-state index contributed by atoms with van der Waals surface area (Å²) >= 11 is 1.28. The molecule has 12 heteroatoms. The van der Waals surface area contributed by atoms with Crippen molar-refractivity contribution in [3.8, 4) is 5.88 Å². The predicted octanol–water partition coefficient (Wildman–Crippen LogP) is 1.22. The van der Waals surface area contributed by atoms with E-state index in [0.29, 0.717) is 16.6 Å². The molecule has 1 aromatic carbocycles. The maximum atomic E-state index is 13.1. The first-order valence-corrected chi connectivity index (χ1v) is 12.1. The van der Waals surface area contributed by atoms with Crippen LogP contribution in [0, 0.1) is 11.7 Å². The highest BCUT2D eigenvalue weighted by Gasteiger charge is 2.44. The molecule has 0 amide bonds. The van der Waals surface area contributed by atoms with E-state index >= 15 is 0 Å². The number of nitrogens with two attached hydrogens (primary N) is 1. The van der Waals surface area contributed by atoms with Crippen LogP contribution in [-0.2, 0) is 16.0 Å². The van der Waals surface area contributed by atoms with E-state index in [9.17, 15) is 17.9 Å². The molecule has 4 atom stereocenters. The third kappa shape index (κ3) is 5.90. The number of thioether (sulfide) groups is 1. The highest BCUT2D eigenvalue weighted by atomic mass is 32.2. The number of benzene rings is 1. The zero-order chi connectivity index (χ0) is 22.8. The number of nitrogens with zero attached hydrogens (tertiary/aromatic N) is 3. The normalized spacial score (nSPS) is 21.4. The van der Waals surface area contributed by atoms with Gasteiger partial charge in [-0.3, -0.25) is 0 Å². The van der Waals surface area contributed by atoms with E-state index in [-0.39, 0.29) is 24.2 Å². The van der Waals surface area contributed by atoms with Crippen LogP contribution in [0.1, 0.15) is 31.1 Å². The Kier molecular flexibility index (Phi) is 7.50. The Labute approximate surface area is 184 Å². The first-order chi connectivity index (χ1) is 14.6. The Hall–Kier alpha value is -1.83. The molecule has 1 aliphatic rings. The second-order valence-corrected chi connectivity index (χ2v) is 9.88. The fourth-order valence-corrected chi connectivity index (χ4v) is 5.08. The molecule has 2 unspecified atom stereocenters. The number of halogens is 1. The van der Waals surface area contributed by atoms with Gasteiger partial charge in [-0.05, 0) is 30.5 Å². The van der Waals surface area contributed by atoms with Crippen molar-refractivity contribution in [3.05, 3.63) is 47.4 Å². The zero-order valence-corrected chi connectivity index (χ0v) is 18.7. The van der Waals surface area contributed by atoms with Gasteiger partial charge in [-0.1, -0.05) is 30.8 Å². The van der Waals surface area contributed by atoms with Crippen LogP contribution in [0.25, 0.3) is 0 Å². The minimum absolute atomic E-state index is 0.0171. The fraction of sp³-hybridized carbons (Fsp3) is 0.474. The summed E-state index contributed by atoms with van der Waals surface area (Å²) in [6.45, 7) is 3.26. The van der Waals surface area contributed by atoms with E-state index < -0.39 is 35.1 Å².